The molecule has 0 amide bonds. The summed E-state index contributed by atoms with van der Waals surface area (Å²) in [5, 5.41) is 8.22. The van der Waals surface area contributed by atoms with Crippen molar-refractivity contribution in [2.45, 2.75) is 18.9 Å². The lowest BCUT2D eigenvalue weighted by atomic mass is 10.2. The smallest absolute Gasteiger partial charge is 0.331 e. The van der Waals surface area contributed by atoms with Gasteiger partial charge in [-0.1, -0.05) is 0 Å². The van der Waals surface area contributed by atoms with Crippen LogP contribution in [0.2, 0.25) is 0 Å². The minimum Gasteiger partial charge on any atom is -0.481 e. The molecule has 0 rings (SSSR count). The van der Waals surface area contributed by atoms with Crippen molar-refractivity contribution >= 4 is 19.0 Å². The van der Waals surface area contributed by atoms with E-state index in [1.165, 1.54) is 0 Å². The van der Waals surface area contributed by atoms with Gasteiger partial charge in [-0.25, -0.2) is 0 Å². The van der Waals surface area contributed by atoms with Gasteiger partial charge in [-0.05, 0) is 6.42 Å². The van der Waals surface area contributed by atoms with Crippen molar-refractivity contribution < 1.29 is 24.2 Å². The zero-order valence-corrected chi connectivity index (χ0v) is 7.61. The summed E-state index contributed by atoms with van der Waals surface area (Å²) in [6, 6.07) is -1.29. The maximum absolute atomic E-state index is 10.8. The van der Waals surface area contributed by atoms with Gasteiger partial charge in [0.25, 0.3) is 0 Å². The number of rotatable bonds is 5. The number of carbonyl (C=O) groups is 2. The zero-order chi connectivity index (χ0) is 10.6. The van der Waals surface area contributed by atoms with E-state index in [0.717, 1.165) is 0 Å². The lowest BCUT2D eigenvalue weighted by Crippen LogP contribution is -2.32. The van der Waals surface area contributed by atoms with Crippen LogP contribution in [0.3, 0.4) is 0 Å². The quantitative estimate of drug-likeness (QED) is 0.419. The molecule has 0 aromatic carbocycles. The molecule has 0 bridgehead atoms. The van der Waals surface area contributed by atoms with Crippen LogP contribution in [-0.4, -0.2) is 27.5 Å². The molecule has 8 heteroatoms. The predicted molar refractivity (Wildman–Crippen MR) is 43.9 cm³/mol. The predicted octanol–water partition coefficient (Wildman–Crippen LogP) is -1.15. The SMILES string of the molecule is N[C@@H](CCC(=O)O)C(=O)P(N)(=O)O. The first-order chi connectivity index (χ1) is 5.75. The molecule has 0 aromatic rings. The van der Waals surface area contributed by atoms with Gasteiger partial charge < -0.3 is 15.7 Å². The van der Waals surface area contributed by atoms with Crippen LogP contribution < -0.4 is 11.2 Å². The molecule has 0 aliphatic heterocycles. The average molecular weight is 210 g/mol. The molecule has 1 unspecified atom stereocenters. The van der Waals surface area contributed by atoms with Gasteiger partial charge in [0, 0.05) is 6.42 Å². The summed E-state index contributed by atoms with van der Waals surface area (Å²) in [6.45, 7) is 0. The second-order valence-corrected chi connectivity index (χ2v) is 4.19. The number of carbonyl (C=O) groups excluding carboxylic acids is 1. The summed E-state index contributed by atoms with van der Waals surface area (Å²) >= 11 is 0. The number of hydrogen-bond acceptors (Lipinski definition) is 4. The Bertz CT molecular complexity index is 260. The molecule has 0 aliphatic carbocycles. The van der Waals surface area contributed by atoms with Crippen molar-refractivity contribution in [2.75, 3.05) is 0 Å². The highest BCUT2D eigenvalue weighted by molar-refractivity contribution is 7.73. The third-order valence-electron chi connectivity index (χ3n) is 1.30. The number of nitrogens with two attached hydrogens (primary N) is 2. The van der Waals surface area contributed by atoms with Crippen LogP contribution in [-0.2, 0) is 14.2 Å². The highest BCUT2D eigenvalue weighted by Crippen LogP contribution is 2.32. The Hall–Kier alpha value is -0.750. The minimum absolute atomic E-state index is 0.198. The Morgan fingerprint density at radius 1 is 1.46 bits per heavy atom. The summed E-state index contributed by atoms with van der Waals surface area (Å²) in [6.07, 6.45) is -0.539. The maximum atomic E-state index is 10.8. The van der Waals surface area contributed by atoms with Crippen LogP contribution in [0.15, 0.2) is 0 Å². The first-order valence-electron chi connectivity index (χ1n) is 3.38. The van der Waals surface area contributed by atoms with Crippen molar-refractivity contribution in [1.29, 1.82) is 0 Å². The lowest BCUT2D eigenvalue weighted by molar-refractivity contribution is -0.137. The van der Waals surface area contributed by atoms with Gasteiger partial charge in [-0.15, -0.1) is 0 Å². The third-order valence-corrected chi connectivity index (χ3v) is 2.27. The van der Waals surface area contributed by atoms with Crippen LogP contribution in [0.4, 0.5) is 0 Å². The molecular formula is C5H11N2O5P. The van der Waals surface area contributed by atoms with Gasteiger partial charge >= 0.3 is 13.5 Å². The van der Waals surface area contributed by atoms with Crippen LogP contribution in [0.25, 0.3) is 0 Å². The fourth-order valence-electron chi connectivity index (χ4n) is 0.640. The molecule has 7 nitrogen and oxygen atoms in total. The van der Waals surface area contributed by atoms with E-state index in [2.05, 4.69) is 5.50 Å². The Morgan fingerprint density at radius 3 is 2.23 bits per heavy atom. The highest BCUT2D eigenvalue weighted by Gasteiger charge is 2.29. The van der Waals surface area contributed by atoms with Gasteiger partial charge in [-0.2, -0.15) is 0 Å². The topological polar surface area (TPSA) is 144 Å². The molecule has 0 aliphatic rings. The fraction of sp³-hybridized carbons (Fsp3) is 0.600. The molecule has 0 radical (unpaired) electrons. The van der Waals surface area contributed by atoms with Crippen molar-refractivity contribution in [3.8, 4) is 0 Å². The van der Waals surface area contributed by atoms with E-state index in [0.29, 0.717) is 0 Å². The van der Waals surface area contributed by atoms with Crippen molar-refractivity contribution in [1.82, 2.24) is 0 Å². The molecule has 0 saturated heterocycles. The monoisotopic (exact) mass is 210 g/mol. The average Bonchev–Trinajstić information content (AvgIpc) is 1.96. The Balaban J connectivity index is 4.13. The van der Waals surface area contributed by atoms with Crippen LogP contribution in [0, 0.1) is 0 Å². The van der Waals surface area contributed by atoms with E-state index in [4.69, 9.17) is 15.7 Å². The molecule has 0 heterocycles. The first-order valence-corrected chi connectivity index (χ1v) is 5.11. The van der Waals surface area contributed by atoms with E-state index in [9.17, 15) is 14.2 Å². The molecule has 76 valence electrons. The standard InChI is InChI=1S/C5H11N2O5P/c6-3(1-2-4(8)9)5(10)13(7,11)12/h3H,1-2,6H2,(H,8,9)(H3,7,11,12)/t3-/m0/s1. The molecule has 2 atom stereocenters. The number of carboxylic acid groups (broad SMARTS) is 1. The van der Waals surface area contributed by atoms with Crippen molar-refractivity contribution in [2.24, 2.45) is 11.2 Å². The van der Waals surface area contributed by atoms with E-state index in [-0.39, 0.29) is 12.8 Å². The lowest BCUT2D eigenvalue weighted by Gasteiger charge is -2.10. The Kier molecular flexibility index (Phi) is 4.22. The van der Waals surface area contributed by atoms with E-state index >= 15 is 0 Å². The third kappa shape index (κ3) is 4.74. The Morgan fingerprint density at radius 2 is 1.92 bits per heavy atom. The van der Waals surface area contributed by atoms with Gasteiger partial charge in [0.2, 0.25) is 5.52 Å². The summed E-state index contributed by atoms with van der Waals surface area (Å²) in [7, 11) is -4.33. The molecule has 0 saturated carbocycles. The summed E-state index contributed by atoms with van der Waals surface area (Å²) < 4.78 is 10.6. The van der Waals surface area contributed by atoms with E-state index in [1.807, 2.05) is 0 Å². The van der Waals surface area contributed by atoms with Crippen LogP contribution in [0.1, 0.15) is 12.8 Å². The number of aliphatic carboxylic acids is 1. The second kappa shape index (κ2) is 4.48. The maximum Gasteiger partial charge on any atom is 0.331 e. The summed E-state index contributed by atoms with van der Waals surface area (Å²) in [4.78, 5) is 29.4. The molecule has 0 fully saturated rings. The minimum atomic E-state index is -4.33. The van der Waals surface area contributed by atoms with Gasteiger partial charge in [0.1, 0.15) is 0 Å². The molecule has 0 aromatic heterocycles. The van der Waals surface area contributed by atoms with Crippen molar-refractivity contribution in [3.05, 3.63) is 0 Å². The number of carboxylic acids is 1. The summed E-state index contributed by atoms with van der Waals surface area (Å²) in [5.74, 6) is -1.13. The zero-order valence-electron chi connectivity index (χ0n) is 6.71. The van der Waals surface area contributed by atoms with Gasteiger partial charge in [-0.3, -0.25) is 19.7 Å². The molecule has 13 heavy (non-hydrogen) atoms. The summed E-state index contributed by atoms with van der Waals surface area (Å²) in [5.41, 5.74) is 8.55. The normalized spacial score (nSPS) is 17.5. The van der Waals surface area contributed by atoms with Gasteiger partial charge in [0.05, 0.1) is 6.04 Å². The Labute approximate surface area is 74.2 Å². The van der Waals surface area contributed by atoms with Crippen LogP contribution in [0.5, 0.6) is 0 Å². The molecular weight excluding hydrogens is 199 g/mol. The number of hydrogen-bond donors (Lipinski definition) is 4. The fourth-order valence-corrected chi connectivity index (χ4v) is 1.24. The molecule has 0 spiro atoms. The highest BCUT2D eigenvalue weighted by atomic mass is 31.2. The van der Waals surface area contributed by atoms with E-state index < -0.39 is 25.1 Å². The van der Waals surface area contributed by atoms with Crippen molar-refractivity contribution in [3.63, 3.8) is 0 Å². The van der Waals surface area contributed by atoms with Crippen LogP contribution >= 0.6 is 7.52 Å². The van der Waals surface area contributed by atoms with Gasteiger partial charge in [0.15, 0.2) is 0 Å². The van der Waals surface area contributed by atoms with E-state index in [1.54, 1.807) is 0 Å². The first kappa shape index (κ1) is 12.2. The second-order valence-electron chi connectivity index (χ2n) is 2.50. The molecule has 6 N–H and O–H groups in total. The largest absolute Gasteiger partial charge is 0.481 e.